The third kappa shape index (κ3) is 4.75. The van der Waals surface area contributed by atoms with Crippen LogP contribution < -0.4 is 10.1 Å². The quantitative estimate of drug-likeness (QED) is 0.338. The van der Waals surface area contributed by atoms with Gasteiger partial charge in [0, 0.05) is 22.2 Å². The van der Waals surface area contributed by atoms with Crippen LogP contribution in [-0.4, -0.2) is 20.5 Å². The van der Waals surface area contributed by atoms with Crippen LogP contribution >= 0.6 is 23.2 Å². The second kappa shape index (κ2) is 9.24. The number of oxazole rings is 1. The Morgan fingerprint density at radius 1 is 0.906 bits per heavy atom. The summed E-state index contributed by atoms with van der Waals surface area (Å²) in [5.74, 6) is 0.927. The summed E-state index contributed by atoms with van der Waals surface area (Å²) in [7, 11) is -2.38. The molecule has 32 heavy (non-hydrogen) atoms. The molecule has 0 radical (unpaired) electrons. The van der Waals surface area contributed by atoms with Crippen molar-refractivity contribution in [3.05, 3.63) is 88.4 Å². The van der Waals surface area contributed by atoms with E-state index in [4.69, 9.17) is 32.4 Å². The van der Waals surface area contributed by atoms with Gasteiger partial charge in [0.15, 0.2) is 0 Å². The SMILES string of the molecule is COc1ccc(CNc2oc(-c3ccc(Cl)cc3)nc2S(=O)(=O)c2ccc(Cl)cc2)cc1. The van der Waals surface area contributed by atoms with E-state index in [1.807, 2.05) is 24.3 Å². The van der Waals surface area contributed by atoms with Crippen molar-refractivity contribution >= 4 is 38.9 Å². The molecule has 3 aromatic carbocycles. The number of sulfone groups is 1. The average Bonchev–Trinajstić information content (AvgIpc) is 3.24. The van der Waals surface area contributed by atoms with E-state index in [1.165, 1.54) is 24.3 Å². The van der Waals surface area contributed by atoms with Gasteiger partial charge in [-0.05, 0) is 66.2 Å². The highest BCUT2D eigenvalue weighted by Gasteiger charge is 2.28. The van der Waals surface area contributed by atoms with Crippen molar-refractivity contribution in [2.75, 3.05) is 12.4 Å². The van der Waals surface area contributed by atoms with Crippen LogP contribution in [0.15, 0.2) is 87.1 Å². The summed E-state index contributed by atoms with van der Waals surface area (Å²) in [5.41, 5.74) is 1.50. The molecule has 4 rings (SSSR count). The van der Waals surface area contributed by atoms with Crippen molar-refractivity contribution < 1.29 is 17.6 Å². The van der Waals surface area contributed by atoms with Crippen molar-refractivity contribution in [2.45, 2.75) is 16.5 Å². The first-order chi connectivity index (χ1) is 15.4. The fourth-order valence-electron chi connectivity index (χ4n) is 2.97. The summed E-state index contributed by atoms with van der Waals surface area (Å²) < 4.78 is 37.6. The van der Waals surface area contributed by atoms with E-state index in [1.54, 1.807) is 31.4 Å². The minimum Gasteiger partial charge on any atom is -0.497 e. The Labute approximate surface area is 195 Å². The largest absolute Gasteiger partial charge is 0.497 e. The molecule has 0 saturated carbocycles. The Hall–Kier alpha value is -3.00. The van der Waals surface area contributed by atoms with Gasteiger partial charge in [-0.25, -0.2) is 8.42 Å². The molecule has 1 aromatic heterocycles. The first-order valence-corrected chi connectivity index (χ1v) is 11.7. The third-order valence-electron chi connectivity index (χ3n) is 4.68. The van der Waals surface area contributed by atoms with Gasteiger partial charge in [-0.1, -0.05) is 35.3 Å². The second-order valence-electron chi connectivity index (χ2n) is 6.82. The van der Waals surface area contributed by atoms with Crippen LogP contribution in [0.25, 0.3) is 11.5 Å². The molecule has 1 N–H and O–H groups in total. The van der Waals surface area contributed by atoms with E-state index >= 15 is 0 Å². The number of ether oxygens (including phenoxy) is 1. The van der Waals surface area contributed by atoms with Gasteiger partial charge < -0.3 is 14.5 Å². The van der Waals surface area contributed by atoms with E-state index < -0.39 is 9.84 Å². The Morgan fingerprint density at radius 2 is 1.50 bits per heavy atom. The summed E-state index contributed by atoms with van der Waals surface area (Å²) in [6, 6.07) is 20.1. The number of aromatic nitrogens is 1. The molecule has 0 aliphatic carbocycles. The first-order valence-electron chi connectivity index (χ1n) is 9.51. The zero-order valence-electron chi connectivity index (χ0n) is 16.9. The predicted molar refractivity (Wildman–Crippen MR) is 124 cm³/mol. The number of hydrogen-bond acceptors (Lipinski definition) is 6. The molecule has 9 heteroatoms. The molecule has 0 unspecified atom stereocenters. The van der Waals surface area contributed by atoms with Crippen LogP contribution in [0.4, 0.5) is 5.88 Å². The molecule has 6 nitrogen and oxygen atoms in total. The van der Waals surface area contributed by atoms with E-state index in [2.05, 4.69) is 10.3 Å². The van der Waals surface area contributed by atoms with E-state index in [0.717, 1.165) is 11.3 Å². The standard InChI is InChI=1S/C23H18Cl2N2O4S/c1-30-19-10-2-15(3-11-19)14-26-22-23(32(28,29)20-12-8-18(25)9-13-20)27-21(31-22)16-4-6-17(24)7-5-16/h2-13,26H,14H2,1H3. The highest BCUT2D eigenvalue weighted by Crippen LogP contribution is 2.33. The molecule has 0 atom stereocenters. The lowest BCUT2D eigenvalue weighted by Crippen LogP contribution is -2.07. The maximum Gasteiger partial charge on any atom is 0.234 e. The summed E-state index contributed by atoms with van der Waals surface area (Å²) >= 11 is 11.9. The van der Waals surface area contributed by atoms with Gasteiger partial charge in [-0.3, -0.25) is 0 Å². The Bertz CT molecular complexity index is 1320. The zero-order valence-corrected chi connectivity index (χ0v) is 19.2. The van der Waals surface area contributed by atoms with Crippen LogP contribution in [0.2, 0.25) is 10.0 Å². The molecule has 0 fully saturated rings. The van der Waals surface area contributed by atoms with Crippen LogP contribution in [0.3, 0.4) is 0 Å². The highest BCUT2D eigenvalue weighted by atomic mass is 35.5. The van der Waals surface area contributed by atoms with Crippen molar-refractivity contribution in [2.24, 2.45) is 0 Å². The van der Waals surface area contributed by atoms with Gasteiger partial charge in [-0.2, -0.15) is 4.98 Å². The molecule has 4 aromatic rings. The summed E-state index contributed by atoms with van der Waals surface area (Å²) in [6.45, 7) is 0.322. The van der Waals surface area contributed by atoms with Gasteiger partial charge in [0.2, 0.25) is 26.6 Å². The molecule has 164 valence electrons. The number of nitrogens with one attached hydrogen (secondary N) is 1. The van der Waals surface area contributed by atoms with Gasteiger partial charge in [0.05, 0.1) is 12.0 Å². The van der Waals surface area contributed by atoms with Crippen LogP contribution in [-0.2, 0) is 16.4 Å². The minimum atomic E-state index is -3.97. The lowest BCUT2D eigenvalue weighted by Gasteiger charge is -2.07. The predicted octanol–water partition coefficient (Wildman–Crippen LogP) is 6.10. The summed E-state index contributed by atoms with van der Waals surface area (Å²) in [4.78, 5) is 4.37. The van der Waals surface area contributed by atoms with Gasteiger partial charge in [0.1, 0.15) is 5.75 Å². The molecule has 0 saturated heterocycles. The van der Waals surface area contributed by atoms with E-state index in [9.17, 15) is 8.42 Å². The normalized spacial score (nSPS) is 11.3. The topological polar surface area (TPSA) is 81.4 Å². The third-order valence-corrected chi connectivity index (χ3v) is 6.86. The van der Waals surface area contributed by atoms with Crippen molar-refractivity contribution in [1.29, 1.82) is 0 Å². The average molecular weight is 489 g/mol. The molecule has 0 aliphatic rings. The lowest BCUT2D eigenvalue weighted by atomic mass is 10.2. The molecule has 0 aliphatic heterocycles. The zero-order chi connectivity index (χ0) is 22.7. The number of halogens is 2. The summed E-state index contributed by atoms with van der Waals surface area (Å²) in [6.07, 6.45) is 0. The second-order valence-corrected chi connectivity index (χ2v) is 9.56. The first kappa shape index (κ1) is 22.2. The van der Waals surface area contributed by atoms with Crippen LogP contribution in [0.1, 0.15) is 5.56 Å². The molecule has 0 amide bonds. The van der Waals surface area contributed by atoms with Gasteiger partial charge in [0.25, 0.3) is 0 Å². The molecular formula is C23H18Cl2N2O4S. The Morgan fingerprint density at radius 3 is 2.09 bits per heavy atom. The van der Waals surface area contributed by atoms with E-state index in [0.29, 0.717) is 22.2 Å². The fourth-order valence-corrected chi connectivity index (χ4v) is 4.50. The summed E-state index contributed by atoms with van der Waals surface area (Å²) in [5, 5.41) is 3.83. The number of rotatable bonds is 7. The lowest BCUT2D eigenvalue weighted by molar-refractivity contribution is 0.414. The van der Waals surface area contributed by atoms with Gasteiger partial charge >= 0.3 is 0 Å². The Kier molecular flexibility index (Phi) is 6.41. The van der Waals surface area contributed by atoms with Crippen LogP contribution in [0.5, 0.6) is 5.75 Å². The smallest absolute Gasteiger partial charge is 0.234 e. The monoisotopic (exact) mass is 488 g/mol. The molecule has 0 bridgehead atoms. The minimum absolute atomic E-state index is 0.0423. The van der Waals surface area contributed by atoms with Crippen molar-refractivity contribution in [1.82, 2.24) is 4.98 Å². The fraction of sp³-hybridized carbons (Fsp3) is 0.0870. The molecule has 0 spiro atoms. The molecular weight excluding hydrogens is 471 g/mol. The highest BCUT2D eigenvalue weighted by molar-refractivity contribution is 7.91. The number of nitrogens with zero attached hydrogens (tertiary/aromatic N) is 1. The number of benzene rings is 3. The van der Waals surface area contributed by atoms with Crippen LogP contribution in [0, 0.1) is 0 Å². The maximum absolute atomic E-state index is 13.3. The Balaban J connectivity index is 1.72. The maximum atomic E-state index is 13.3. The number of hydrogen-bond donors (Lipinski definition) is 1. The number of anilines is 1. The van der Waals surface area contributed by atoms with Crippen molar-refractivity contribution in [3.63, 3.8) is 0 Å². The van der Waals surface area contributed by atoms with Crippen molar-refractivity contribution in [3.8, 4) is 17.2 Å². The van der Waals surface area contributed by atoms with Gasteiger partial charge in [-0.15, -0.1) is 0 Å². The number of methoxy groups -OCH3 is 1. The molecule has 1 heterocycles. The van der Waals surface area contributed by atoms with E-state index in [-0.39, 0.29) is 21.7 Å².